The Kier molecular flexibility index (Phi) is 4.45. The summed E-state index contributed by atoms with van der Waals surface area (Å²) in [6, 6.07) is 4.73. The maximum absolute atomic E-state index is 12.3. The van der Waals surface area contributed by atoms with Crippen LogP contribution < -0.4 is 10.6 Å². The molecule has 0 spiro atoms. The molecule has 2 rings (SSSR count). The van der Waals surface area contributed by atoms with Gasteiger partial charge < -0.3 is 10.6 Å². The Hall–Kier alpha value is -2.11. The molecule has 2 N–H and O–H groups in total. The summed E-state index contributed by atoms with van der Waals surface area (Å²) in [5, 5.41) is 16.8. The van der Waals surface area contributed by atoms with Crippen LogP contribution in [0.3, 0.4) is 0 Å². The minimum atomic E-state index is -0.514. The number of nitro groups is 1. The second-order valence-corrected chi connectivity index (χ2v) is 5.64. The standard InChI is InChI=1S/C15H21N3O3/c1-3-7-15(8-9-15)10-17-14(19)11-5-4-6-12(16-2)13(11)18(20)21/h4-6,16H,3,7-10H2,1-2H3,(H,17,19). The molecule has 1 saturated carbocycles. The summed E-state index contributed by atoms with van der Waals surface area (Å²) in [5.74, 6) is -0.374. The van der Waals surface area contributed by atoms with Crippen molar-refractivity contribution in [3.8, 4) is 0 Å². The molecule has 6 heteroatoms. The molecule has 0 aliphatic heterocycles. The predicted octanol–water partition coefficient (Wildman–Crippen LogP) is 2.95. The predicted molar refractivity (Wildman–Crippen MR) is 81.6 cm³/mol. The smallest absolute Gasteiger partial charge is 0.305 e. The third-order valence-electron chi connectivity index (χ3n) is 4.09. The van der Waals surface area contributed by atoms with Crippen LogP contribution in [-0.2, 0) is 0 Å². The molecule has 0 bridgehead atoms. The van der Waals surface area contributed by atoms with Gasteiger partial charge in [0.1, 0.15) is 11.3 Å². The molecule has 0 saturated heterocycles. The van der Waals surface area contributed by atoms with Crippen molar-refractivity contribution in [2.75, 3.05) is 18.9 Å². The van der Waals surface area contributed by atoms with Crippen LogP contribution in [0.4, 0.5) is 11.4 Å². The van der Waals surface area contributed by atoms with E-state index < -0.39 is 4.92 Å². The Morgan fingerprint density at radius 1 is 1.43 bits per heavy atom. The molecule has 0 atom stereocenters. The van der Waals surface area contributed by atoms with Crippen molar-refractivity contribution in [3.05, 3.63) is 33.9 Å². The van der Waals surface area contributed by atoms with Crippen LogP contribution in [0.25, 0.3) is 0 Å². The van der Waals surface area contributed by atoms with E-state index in [4.69, 9.17) is 0 Å². The van der Waals surface area contributed by atoms with E-state index >= 15 is 0 Å². The zero-order chi connectivity index (χ0) is 15.5. The third kappa shape index (κ3) is 3.32. The first-order valence-electron chi connectivity index (χ1n) is 7.26. The van der Waals surface area contributed by atoms with Gasteiger partial charge >= 0.3 is 5.69 Å². The molecule has 6 nitrogen and oxygen atoms in total. The van der Waals surface area contributed by atoms with Gasteiger partial charge in [0.25, 0.3) is 5.91 Å². The first-order chi connectivity index (χ1) is 10.0. The van der Waals surface area contributed by atoms with Gasteiger partial charge in [-0.25, -0.2) is 0 Å². The number of benzene rings is 1. The molecular weight excluding hydrogens is 270 g/mol. The summed E-state index contributed by atoms with van der Waals surface area (Å²) in [7, 11) is 1.60. The molecule has 1 aromatic carbocycles. The highest BCUT2D eigenvalue weighted by atomic mass is 16.6. The molecule has 0 heterocycles. The van der Waals surface area contributed by atoms with E-state index in [0.717, 1.165) is 25.7 Å². The van der Waals surface area contributed by atoms with E-state index in [9.17, 15) is 14.9 Å². The summed E-state index contributed by atoms with van der Waals surface area (Å²) < 4.78 is 0. The fourth-order valence-corrected chi connectivity index (χ4v) is 2.71. The number of para-hydroxylation sites is 1. The number of hydrogen-bond acceptors (Lipinski definition) is 4. The van der Waals surface area contributed by atoms with Crippen LogP contribution in [-0.4, -0.2) is 24.4 Å². The minimum absolute atomic E-state index is 0.110. The number of carbonyl (C=O) groups excluding carboxylic acids is 1. The highest BCUT2D eigenvalue weighted by Gasteiger charge is 2.41. The highest BCUT2D eigenvalue weighted by Crippen LogP contribution is 2.49. The summed E-state index contributed by atoms with van der Waals surface area (Å²) in [6.07, 6.45) is 4.43. The topological polar surface area (TPSA) is 84.3 Å². The Morgan fingerprint density at radius 2 is 2.14 bits per heavy atom. The van der Waals surface area contributed by atoms with Crippen LogP contribution in [0.1, 0.15) is 43.0 Å². The van der Waals surface area contributed by atoms with Gasteiger partial charge in [0.05, 0.1) is 4.92 Å². The molecule has 21 heavy (non-hydrogen) atoms. The van der Waals surface area contributed by atoms with Gasteiger partial charge in [-0.1, -0.05) is 19.4 Å². The molecule has 1 amide bonds. The lowest BCUT2D eigenvalue weighted by atomic mass is 10.0. The van der Waals surface area contributed by atoms with Gasteiger partial charge in [0, 0.05) is 13.6 Å². The van der Waals surface area contributed by atoms with E-state index in [2.05, 4.69) is 17.6 Å². The third-order valence-corrected chi connectivity index (χ3v) is 4.09. The van der Waals surface area contributed by atoms with Crippen molar-refractivity contribution >= 4 is 17.3 Å². The van der Waals surface area contributed by atoms with Crippen molar-refractivity contribution in [1.29, 1.82) is 0 Å². The lowest BCUT2D eigenvalue weighted by molar-refractivity contribution is -0.384. The number of nitrogens with zero attached hydrogens (tertiary/aromatic N) is 1. The van der Waals surface area contributed by atoms with E-state index in [1.165, 1.54) is 6.07 Å². The normalized spacial score (nSPS) is 15.3. The minimum Gasteiger partial charge on any atom is -0.383 e. The summed E-state index contributed by atoms with van der Waals surface area (Å²) >= 11 is 0. The van der Waals surface area contributed by atoms with Gasteiger partial charge in [-0.15, -0.1) is 0 Å². The van der Waals surface area contributed by atoms with Crippen molar-refractivity contribution in [2.45, 2.75) is 32.6 Å². The highest BCUT2D eigenvalue weighted by molar-refractivity contribution is 6.00. The summed E-state index contributed by atoms with van der Waals surface area (Å²) in [6.45, 7) is 2.73. The van der Waals surface area contributed by atoms with Crippen molar-refractivity contribution in [2.24, 2.45) is 5.41 Å². The molecule has 0 unspecified atom stereocenters. The zero-order valence-corrected chi connectivity index (χ0v) is 12.4. The average Bonchev–Trinajstić information content (AvgIpc) is 3.24. The zero-order valence-electron chi connectivity index (χ0n) is 12.4. The fourth-order valence-electron chi connectivity index (χ4n) is 2.71. The summed E-state index contributed by atoms with van der Waals surface area (Å²) in [5.41, 5.74) is 0.513. The Balaban J connectivity index is 2.14. The quantitative estimate of drug-likeness (QED) is 0.597. The maximum Gasteiger partial charge on any atom is 0.305 e. The van der Waals surface area contributed by atoms with Crippen molar-refractivity contribution in [3.63, 3.8) is 0 Å². The van der Waals surface area contributed by atoms with Crippen LogP contribution in [0, 0.1) is 15.5 Å². The molecule has 0 aromatic heterocycles. The number of anilines is 1. The number of rotatable bonds is 7. The van der Waals surface area contributed by atoms with E-state index in [-0.39, 0.29) is 22.6 Å². The fraction of sp³-hybridized carbons (Fsp3) is 0.533. The lowest BCUT2D eigenvalue weighted by Crippen LogP contribution is -2.30. The van der Waals surface area contributed by atoms with Crippen LogP contribution in [0.15, 0.2) is 18.2 Å². The molecule has 1 fully saturated rings. The van der Waals surface area contributed by atoms with Gasteiger partial charge in [0.2, 0.25) is 0 Å². The molecule has 1 aromatic rings. The molecule has 114 valence electrons. The first kappa shape index (κ1) is 15.3. The van der Waals surface area contributed by atoms with Crippen LogP contribution in [0.2, 0.25) is 0 Å². The SMILES string of the molecule is CCCC1(CNC(=O)c2cccc(NC)c2[N+](=O)[O-])CC1. The number of hydrogen-bond donors (Lipinski definition) is 2. The van der Waals surface area contributed by atoms with E-state index in [1.807, 2.05) is 0 Å². The monoisotopic (exact) mass is 291 g/mol. The maximum atomic E-state index is 12.3. The van der Waals surface area contributed by atoms with E-state index in [0.29, 0.717) is 12.2 Å². The van der Waals surface area contributed by atoms with Crippen molar-refractivity contribution < 1.29 is 9.72 Å². The van der Waals surface area contributed by atoms with Crippen LogP contribution >= 0.6 is 0 Å². The molecule has 1 aliphatic carbocycles. The lowest BCUT2D eigenvalue weighted by Gasteiger charge is -2.15. The van der Waals surface area contributed by atoms with Crippen molar-refractivity contribution in [1.82, 2.24) is 5.32 Å². The second-order valence-electron chi connectivity index (χ2n) is 5.64. The van der Waals surface area contributed by atoms with Gasteiger partial charge in [0.15, 0.2) is 0 Å². The molecule has 0 radical (unpaired) electrons. The first-order valence-corrected chi connectivity index (χ1v) is 7.26. The largest absolute Gasteiger partial charge is 0.383 e. The second kappa shape index (κ2) is 6.11. The number of carbonyl (C=O) groups is 1. The van der Waals surface area contributed by atoms with Crippen LogP contribution in [0.5, 0.6) is 0 Å². The average molecular weight is 291 g/mol. The number of amides is 1. The number of nitrogens with one attached hydrogen (secondary N) is 2. The van der Waals surface area contributed by atoms with E-state index in [1.54, 1.807) is 19.2 Å². The molecule has 1 aliphatic rings. The summed E-state index contributed by atoms with van der Waals surface area (Å²) in [4.78, 5) is 23.0. The number of nitro benzene ring substituents is 1. The van der Waals surface area contributed by atoms with Gasteiger partial charge in [-0.05, 0) is 36.8 Å². The molecular formula is C15H21N3O3. The van der Waals surface area contributed by atoms with Gasteiger partial charge in [-0.3, -0.25) is 14.9 Å². The van der Waals surface area contributed by atoms with Gasteiger partial charge in [-0.2, -0.15) is 0 Å². The Bertz CT molecular complexity index is 553. The Morgan fingerprint density at radius 3 is 2.67 bits per heavy atom. The Labute approximate surface area is 124 Å².